The molecule has 36 heavy (non-hydrogen) atoms. The summed E-state index contributed by atoms with van der Waals surface area (Å²) >= 11 is 0. The highest BCUT2D eigenvalue weighted by molar-refractivity contribution is 7.92. The van der Waals surface area contributed by atoms with Crippen LogP contribution in [0.2, 0.25) is 0 Å². The average molecular weight is 509 g/mol. The van der Waals surface area contributed by atoms with Gasteiger partial charge in [0.2, 0.25) is 5.91 Å². The Kier molecular flexibility index (Phi) is 7.00. The van der Waals surface area contributed by atoms with Crippen LogP contribution in [0.4, 0.5) is 5.69 Å². The summed E-state index contributed by atoms with van der Waals surface area (Å²) in [7, 11) is -2.41. The second-order valence-corrected chi connectivity index (χ2v) is 11.6. The monoisotopic (exact) mass is 508 g/mol. The Hall–Kier alpha value is -3.52. The van der Waals surface area contributed by atoms with Gasteiger partial charge in [0.1, 0.15) is 23.6 Å². The van der Waals surface area contributed by atoms with Crippen LogP contribution in [0.1, 0.15) is 43.0 Å². The summed E-state index contributed by atoms with van der Waals surface area (Å²) in [6.07, 6.45) is 0.522. The van der Waals surface area contributed by atoms with Crippen LogP contribution in [-0.4, -0.2) is 33.6 Å². The molecule has 0 spiro atoms. The Labute approximate surface area is 213 Å². The Morgan fingerprint density at radius 2 is 1.81 bits per heavy atom. The van der Waals surface area contributed by atoms with Gasteiger partial charge in [-0.3, -0.25) is 9.10 Å². The summed E-state index contributed by atoms with van der Waals surface area (Å²) in [5.74, 6) is 0.909. The van der Waals surface area contributed by atoms with Gasteiger partial charge in [-0.05, 0) is 69.7 Å². The molecule has 3 aromatic carbocycles. The lowest BCUT2D eigenvalue weighted by Gasteiger charge is -2.38. The van der Waals surface area contributed by atoms with E-state index in [4.69, 9.17) is 9.47 Å². The summed E-state index contributed by atoms with van der Waals surface area (Å²) < 4.78 is 40.0. The molecule has 0 saturated heterocycles. The molecule has 190 valence electrons. The van der Waals surface area contributed by atoms with Crippen LogP contribution in [0, 0.1) is 13.8 Å². The van der Waals surface area contributed by atoms with E-state index in [2.05, 4.69) is 5.32 Å². The first-order chi connectivity index (χ1) is 17.0. The molecule has 1 unspecified atom stereocenters. The van der Waals surface area contributed by atoms with Crippen molar-refractivity contribution in [1.82, 2.24) is 5.32 Å². The topological polar surface area (TPSA) is 84.9 Å². The van der Waals surface area contributed by atoms with E-state index in [-0.39, 0.29) is 17.5 Å². The number of benzene rings is 3. The molecule has 1 aliphatic heterocycles. The van der Waals surface area contributed by atoms with Gasteiger partial charge in [-0.1, -0.05) is 35.9 Å². The largest absolute Gasteiger partial charge is 0.497 e. The minimum absolute atomic E-state index is 0.125. The zero-order valence-corrected chi connectivity index (χ0v) is 22.1. The third-order valence-corrected chi connectivity index (χ3v) is 8.02. The molecule has 0 aliphatic carbocycles. The Bertz CT molecular complexity index is 1370. The summed E-state index contributed by atoms with van der Waals surface area (Å²) in [6.45, 7) is 7.34. The Morgan fingerprint density at radius 3 is 2.47 bits per heavy atom. The molecule has 0 radical (unpaired) electrons. The van der Waals surface area contributed by atoms with E-state index in [1.54, 1.807) is 31.4 Å². The molecule has 0 fully saturated rings. The molecule has 3 aromatic rings. The van der Waals surface area contributed by atoms with Crippen LogP contribution < -0.4 is 19.1 Å². The average Bonchev–Trinajstić information content (AvgIpc) is 2.82. The molecule has 1 aliphatic rings. The third kappa shape index (κ3) is 5.33. The highest BCUT2D eigenvalue weighted by Crippen LogP contribution is 2.41. The highest BCUT2D eigenvalue weighted by atomic mass is 32.2. The number of nitrogens with one attached hydrogen (secondary N) is 1. The van der Waals surface area contributed by atoms with Crippen molar-refractivity contribution in [2.24, 2.45) is 0 Å². The van der Waals surface area contributed by atoms with E-state index < -0.39 is 21.5 Å². The Morgan fingerprint density at radius 1 is 1.08 bits per heavy atom. The van der Waals surface area contributed by atoms with Crippen LogP contribution in [0.25, 0.3) is 0 Å². The van der Waals surface area contributed by atoms with Crippen molar-refractivity contribution in [1.29, 1.82) is 0 Å². The lowest BCUT2D eigenvalue weighted by Crippen LogP contribution is -2.45. The SMILES string of the molecule is COc1ccc2c(c1)C(NC(=O)CN(c1ccc(C)cc1C)S(=O)(=O)c1ccccc1)CC(C)(C)O2. The normalized spacial score (nSPS) is 16.4. The van der Waals surface area contributed by atoms with Crippen molar-refractivity contribution in [3.8, 4) is 11.5 Å². The van der Waals surface area contributed by atoms with Gasteiger partial charge in [0, 0.05) is 12.0 Å². The van der Waals surface area contributed by atoms with E-state index in [0.29, 0.717) is 23.6 Å². The van der Waals surface area contributed by atoms with Crippen molar-refractivity contribution < 1.29 is 22.7 Å². The first-order valence-electron chi connectivity index (χ1n) is 11.8. The summed E-state index contributed by atoms with van der Waals surface area (Å²) in [5.41, 5.74) is 2.53. The van der Waals surface area contributed by atoms with Gasteiger partial charge in [0.05, 0.1) is 23.7 Å². The molecule has 1 amide bonds. The van der Waals surface area contributed by atoms with Crippen molar-refractivity contribution in [3.63, 3.8) is 0 Å². The molecule has 0 saturated carbocycles. The standard InChI is InChI=1S/C28H32N2O5S/c1-19-11-13-25(20(2)15-19)30(36(32,33)22-9-7-6-8-10-22)18-27(31)29-24-17-28(3,4)35-26-14-12-21(34-5)16-23(24)26/h6-16,24H,17-18H2,1-5H3,(H,29,31). The van der Waals surface area contributed by atoms with Gasteiger partial charge in [-0.15, -0.1) is 0 Å². The number of methoxy groups -OCH3 is 1. The predicted octanol–water partition coefficient (Wildman–Crippen LogP) is 4.93. The molecule has 7 nitrogen and oxygen atoms in total. The number of anilines is 1. The van der Waals surface area contributed by atoms with Gasteiger partial charge >= 0.3 is 0 Å². The number of hydrogen-bond acceptors (Lipinski definition) is 5. The predicted molar refractivity (Wildman–Crippen MR) is 140 cm³/mol. The van der Waals surface area contributed by atoms with Crippen LogP contribution in [-0.2, 0) is 14.8 Å². The maximum absolute atomic E-state index is 13.7. The van der Waals surface area contributed by atoms with Crippen LogP contribution in [0.5, 0.6) is 11.5 Å². The number of carbonyl (C=O) groups is 1. The third-order valence-electron chi connectivity index (χ3n) is 6.25. The molecular formula is C28H32N2O5S. The lowest BCUT2D eigenvalue weighted by molar-refractivity contribution is -0.120. The fourth-order valence-electron chi connectivity index (χ4n) is 4.56. The van der Waals surface area contributed by atoms with Crippen molar-refractivity contribution in [2.45, 2.75) is 50.7 Å². The highest BCUT2D eigenvalue weighted by Gasteiger charge is 2.36. The maximum Gasteiger partial charge on any atom is 0.264 e. The van der Waals surface area contributed by atoms with E-state index in [1.807, 2.05) is 58.0 Å². The van der Waals surface area contributed by atoms with E-state index in [0.717, 1.165) is 16.7 Å². The fraction of sp³-hybridized carbons (Fsp3) is 0.321. The minimum atomic E-state index is -3.99. The fourth-order valence-corrected chi connectivity index (χ4v) is 6.07. The number of fused-ring (bicyclic) bond motifs is 1. The Balaban J connectivity index is 1.68. The van der Waals surface area contributed by atoms with Crippen LogP contribution >= 0.6 is 0 Å². The van der Waals surface area contributed by atoms with Gasteiger partial charge in [0.15, 0.2) is 0 Å². The lowest BCUT2D eigenvalue weighted by atomic mass is 9.89. The van der Waals surface area contributed by atoms with E-state index in [9.17, 15) is 13.2 Å². The van der Waals surface area contributed by atoms with E-state index in [1.165, 1.54) is 16.4 Å². The second-order valence-electron chi connectivity index (χ2n) is 9.70. The number of carbonyl (C=O) groups excluding carboxylic acids is 1. The number of rotatable bonds is 7. The second kappa shape index (κ2) is 9.85. The zero-order valence-electron chi connectivity index (χ0n) is 21.2. The number of nitrogens with zero attached hydrogens (tertiary/aromatic N) is 1. The first-order valence-corrected chi connectivity index (χ1v) is 13.3. The van der Waals surface area contributed by atoms with Crippen LogP contribution in [0.15, 0.2) is 71.6 Å². The molecule has 4 rings (SSSR count). The molecule has 1 heterocycles. The summed E-state index contributed by atoms with van der Waals surface area (Å²) in [5, 5.41) is 3.06. The van der Waals surface area contributed by atoms with Gasteiger partial charge in [0.25, 0.3) is 10.0 Å². The minimum Gasteiger partial charge on any atom is -0.497 e. The van der Waals surface area contributed by atoms with Crippen molar-refractivity contribution >= 4 is 21.6 Å². The molecule has 8 heteroatoms. The number of aryl methyl sites for hydroxylation is 2. The number of ether oxygens (including phenoxy) is 2. The quantitative estimate of drug-likeness (QED) is 0.489. The number of sulfonamides is 1. The van der Waals surface area contributed by atoms with Gasteiger partial charge in [-0.2, -0.15) is 0 Å². The van der Waals surface area contributed by atoms with Gasteiger partial charge < -0.3 is 14.8 Å². The maximum atomic E-state index is 13.7. The number of amides is 1. The van der Waals surface area contributed by atoms with Gasteiger partial charge in [-0.25, -0.2) is 8.42 Å². The zero-order chi connectivity index (χ0) is 26.1. The molecule has 1 atom stereocenters. The van der Waals surface area contributed by atoms with Crippen molar-refractivity contribution in [2.75, 3.05) is 18.0 Å². The molecule has 0 bridgehead atoms. The molecule has 0 aromatic heterocycles. The summed E-state index contributed by atoms with van der Waals surface area (Å²) in [6, 6.07) is 18.8. The smallest absolute Gasteiger partial charge is 0.264 e. The van der Waals surface area contributed by atoms with Crippen molar-refractivity contribution in [3.05, 3.63) is 83.4 Å². The first kappa shape index (κ1) is 25.6. The molecular weight excluding hydrogens is 476 g/mol. The molecule has 1 N–H and O–H groups in total. The number of hydrogen-bond donors (Lipinski definition) is 1. The van der Waals surface area contributed by atoms with Crippen LogP contribution in [0.3, 0.4) is 0 Å². The summed E-state index contributed by atoms with van der Waals surface area (Å²) in [4.78, 5) is 13.6. The van der Waals surface area contributed by atoms with E-state index >= 15 is 0 Å².